The molecule has 0 fully saturated rings. The molecule has 0 bridgehead atoms. The van der Waals surface area contributed by atoms with Gasteiger partial charge in [0.1, 0.15) is 4.32 Å². The van der Waals surface area contributed by atoms with Crippen molar-refractivity contribution < 1.29 is 39.0 Å². The minimum absolute atomic E-state index is 0. The van der Waals surface area contributed by atoms with Gasteiger partial charge in [-0.1, -0.05) is 24.4 Å². The van der Waals surface area contributed by atoms with E-state index in [4.69, 9.17) is 5.73 Å². The van der Waals surface area contributed by atoms with E-state index in [1.807, 2.05) is 60.7 Å². The molecule has 0 saturated carbocycles. The zero-order valence-electron chi connectivity index (χ0n) is 11.5. The van der Waals surface area contributed by atoms with E-state index in [0.29, 0.717) is 0 Å². The largest absolute Gasteiger partial charge is 2.00 e. The summed E-state index contributed by atoms with van der Waals surface area (Å²) in [4.78, 5) is 0. The summed E-state index contributed by atoms with van der Waals surface area (Å²) < 4.78 is 0.194. The van der Waals surface area contributed by atoms with Gasteiger partial charge in [0.05, 0.1) is 0 Å². The van der Waals surface area contributed by atoms with Crippen LogP contribution in [0.4, 0.5) is 0 Å². The summed E-state index contributed by atoms with van der Waals surface area (Å²) >= 11 is 7.65. The second-order valence-electron chi connectivity index (χ2n) is 3.31. The van der Waals surface area contributed by atoms with Gasteiger partial charge < -0.3 is 5.73 Å². The van der Waals surface area contributed by atoms with Crippen LogP contribution in [0, 0.1) is 13.8 Å². The van der Waals surface area contributed by atoms with Crippen molar-refractivity contribution >= 4 is 29.2 Å². The molecule has 2 aromatic rings. The maximum Gasteiger partial charge on any atom is 2.00 e. The molecule has 2 aromatic carbocycles. The van der Waals surface area contributed by atoms with Crippen molar-refractivity contribution in [2.45, 2.75) is 0 Å². The first-order valence-electron chi connectivity index (χ1n) is 5.24. The topological polar surface area (TPSA) is 26.0 Å². The summed E-state index contributed by atoms with van der Waals surface area (Å²) in [7, 11) is 0. The molecule has 0 aliphatic heterocycles. The number of thiol groups is 1. The molecule has 0 saturated heterocycles. The van der Waals surface area contributed by atoms with Gasteiger partial charge in [0, 0.05) is 19.5 Å². The van der Waals surface area contributed by atoms with E-state index in [1.165, 1.54) is 0 Å². The number of thiocarbonyl (C=S) groups is 1. The molecule has 1 nitrogen and oxygen atoms in total. The van der Waals surface area contributed by atoms with Crippen LogP contribution < -0.4 is 5.73 Å². The van der Waals surface area contributed by atoms with E-state index in [2.05, 4.69) is 38.7 Å². The van der Waals surface area contributed by atoms with E-state index >= 15 is 0 Å². The standard InChI is InChI=1S/2C7H7.CH3NS2.2Zn/c2*1-7-5-3-2-4-6-7;2-1(3)4;;/h2*2-6H,1H2;(H3,2,3,4);;/q2*-1;;;+2. The van der Waals surface area contributed by atoms with Gasteiger partial charge in [0.2, 0.25) is 0 Å². The maximum absolute atomic E-state index is 4.71. The molecule has 0 radical (unpaired) electrons. The van der Waals surface area contributed by atoms with Crippen molar-refractivity contribution in [3.05, 3.63) is 85.6 Å². The Morgan fingerprint density at radius 2 is 1.05 bits per heavy atom. The van der Waals surface area contributed by atoms with Crippen molar-refractivity contribution in [2.75, 3.05) is 0 Å². The van der Waals surface area contributed by atoms with Gasteiger partial charge in [0.15, 0.2) is 0 Å². The Bertz CT molecular complexity index is 395. The average molecular weight is 406 g/mol. The molecule has 2 N–H and O–H groups in total. The van der Waals surface area contributed by atoms with Crippen LogP contribution in [0.5, 0.6) is 0 Å². The fourth-order valence-corrected chi connectivity index (χ4v) is 0.956. The molecule has 0 heterocycles. The van der Waals surface area contributed by atoms with E-state index < -0.39 is 0 Å². The Balaban J connectivity index is -0.000000215. The van der Waals surface area contributed by atoms with Gasteiger partial charge in [-0.2, -0.15) is 49.2 Å². The van der Waals surface area contributed by atoms with Crippen LogP contribution in [0.15, 0.2) is 60.7 Å². The summed E-state index contributed by atoms with van der Waals surface area (Å²) in [6.07, 6.45) is 0. The predicted octanol–water partition coefficient (Wildman–Crippen LogP) is 3.89. The second kappa shape index (κ2) is 16.7. The minimum atomic E-state index is 0. The van der Waals surface area contributed by atoms with Gasteiger partial charge in [-0.25, -0.2) is 0 Å². The molecule has 5 heteroatoms. The molecule has 0 spiro atoms. The molecule has 0 atom stereocenters. The van der Waals surface area contributed by atoms with Gasteiger partial charge in [-0.15, -0.1) is 36.9 Å². The summed E-state index contributed by atoms with van der Waals surface area (Å²) in [6, 6.07) is 19.7. The fourth-order valence-electron chi connectivity index (χ4n) is 0.956. The molecule has 20 heavy (non-hydrogen) atoms. The van der Waals surface area contributed by atoms with Gasteiger partial charge in [-0.3, -0.25) is 0 Å². The number of nitrogens with two attached hydrogens (primary N) is 1. The minimum Gasteiger partial charge on any atom is -0.385 e. The Morgan fingerprint density at radius 3 is 1.15 bits per heavy atom. The Hall–Kier alpha value is -0.333. The van der Waals surface area contributed by atoms with Gasteiger partial charge in [-0.05, 0) is 0 Å². The van der Waals surface area contributed by atoms with Crippen LogP contribution in [0.1, 0.15) is 11.1 Å². The molecule has 98 valence electrons. The average Bonchev–Trinajstić information content (AvgIpc) is 2.31. The predicted molar refractivity (Wildman–Crippen MR) is 87.6 cm³/mol. The SMILES string of the molecule is NC(=S)S.[CH2-]c1ccccc1.[CH2-]c1ccccc1.[Zn+2].[Zn]. The van der Waals surface area contributed by atoms with E-state index in [-0.39, 0.29) is 43.3 Å². The quantitative estimate of drug-likeness (QED) is 0.301. The van der Waals surface area contributed by atoms with Gasteiger partial charge in [0.25, 0.3) is 0 Å². The Labute approximate surface area is 158 Å². The van der Waals surface area contributed by atoms with E-state index in [1.54, 1.807) is 0 Å². The molecule has 0 amide bonds. The van der Waals surface area contributed by atoms with Crippen LogP contribution in [0.3, 0.4) is 0 Å². The molecule has 2 rings (SSSR count). The number of benzene rings is 2. The molecular formula is C15H17NS2Zn2. The van der Waals surface area contributed by atoms with Crippen molar-refractivity contribution in [1.82, 2.24) is 0 Å². The number of rotatable bonds is 0. The summed E-state index contributed by atoms with van der Waals surface area (Å²) in [5.41, 5.74) is 6.85. The zero-order chi connectivity index (χ0) is 13.8. The van der Waals surface area contributed by atoms with Gasteiger partial charge >= 0.3 is 19.5 Å². The van der Waals surface area contributed by atoms with E-state index in [0.717, 1.165) is 11.1 Å². The summed E-state index contributed by atoms with van der Waals surface area (Å²) in [6.45, 7) is 7.44. The zero-order valence-corrected chi connectivity index (χ0v) is 19.2. The maximum atomic E-state index is 4.71. The van der Waals surface area contributed by atoms with Crippen LogP contribution in [0.2, 0.25) is 0 Å². The molecular weight excluding hydrogens is 389 g/mol. The molecule has 0 aliphatic carbocycles. The van der Waals surface area contributed by atoms with Crippen LogP contribution >= 0.6 is 24.8 Å². The first-order valence-corrected chi connectivity index (χ1v) is 6.10. The second-order valence-corrected chi connectivity index (χ2v) is 4.53. The number of hydrogen-bond donors (Lipinski definition) is 2. The third-order valence-electron chi connectivity index (χ3n) is 1.69. The van der Waals surface area contributed by atoms with Crippen molar-refractivity contribution in [2.24, 2.45) is 5.73 Å². The van der Waals surface area contributed by atoms with Crippen molar-refractivity contribution in [3.63, 3.8) is 0 Å². The smallest absolute Gasteiger partial charge is 0.385 e. The third-order valence-corrected chi connectivity index (χ3v) is 1.69. The first-order chi connectivity index (χ1) is 8.52. The summed E-state index contributed by atoms with van der Waals surface area (Å²) in [5.74, 6) is 0. The summed E-state index contributed by atoms with van der Waals surface area (Å²) in [5, 5.41) is 0. The Morgan fingerprint density at radius 1 is 0.850 bits per heavy atom. The first kappa shape index (κ1) is 24.7. The monoisotopic (exact) mass is 403 g/mol. The molecule has 0 aliphatic rings. The molecule has 0 aromatic heterocycles. The van der Waals surface area contributed by atoms with Crippen molar-refractivity contribution in [3.8, 4) is 0 Å². The van der Waals surface area contributed by atoms with Crippen molar-refractivity contribution in [1.29, 1.82) is 0 Å². The third kappa shape index (κ3) is 20.0. The molecule has 0 unspecified atom stereocenters. The van der Waals surface area contributed by atoms with Crippen LogP contribution in [-0.4, -0.2) is 4.32 Å². The van der Waals surface area contributed by atoms with Crippen LogP contribution in [0.25, 0.3) is 0 Å². The van der Waals surface area contributed by atoms with E-state index in [9.17, 15) is 0 Å². The fraction of sp³-hybridized carbons (Fsp3) is 0. The Kier molecular flexibility index (Phi) is 20.6. The van der Waals surface area contributed by atoms with Crippen LogP contribution in [-0.2, 0) is 39.0 Å². The normalized spacial score (nSPS) is 7.25. The number of hydrogen-bond acceptors (Lipinski definition) is 1.